The molecule has 43 heavy (non-hydrogen) atoms. The van der Waals surface area contributed by atoms with Gasteiger partial charge in [-0.2, -0.15) is 0 Å². The minimum Gasteiger partial charge on any atom is -0.379 e. The predicted molar refractivity (Wildman–Crippen MR) is 181 cm³/mol. The van der Waals surface area contributed by atoms with Gasteiger partial charge in [-0.3, -0.25) is 9.69 Å². The van der Waals surface area contributed by atoms with Crippen LogP contribution in [0.4, 0.5) is 0 Å². The van der Waals surface area contributed by atoms with E-state index in [1.807, 2.05) is 101 Å². The molecule has 1 saturated carbocycles. The molecule has 0 bridgehead atoms. The minimum absolute atomic E-state index is 0. The molecule has 1 saturated heterocycles. The van der Waals surface area contributed by atoms with Gasteiger partial charge in [-0.25, -0.2) is 0 Å². The number of carbonyl (C=O) groups excluding carboxylic acids is 1. The molecule has 0 atom stereocenters. The van der Waals surface area contributed by atoms with Gasteiger partial charge >= 0.3 is 0 Å². The fourth-order valence-electron chi connectivity index (χ4n) is 4.52. The number of ketones is 1. The second-order valence-corrected chi connectivity index (χ2v) is 10.1. The first-order valence-corrected chi connectivity index (χ1v) is 15.5. The van der Waals surface area contributed by atoms with Crippen LogP contribution in [0, 0.1) is 18.3 Å². The van der Waals surface area contributed by atoms with Crippen LogP contribution in [-0.2, 0) is 42.6 Å². The number of aryl methyl sites for hydroxylation is 1. The average Bonchev–Trinajstić information content (AvgIpc) is 3.89. The van der Waals surface area contributed by atoms with Gasteiger partial charge in [0.05, 0.1) is 18.9 Å². The van der Waals surface area contributed by atoms with E-state index in [-0.39, 0.29) is 27.3 Å². The quantitative estimate of drug-likeness (QED) is 0.175. The number of benzene rings is 3. The number of allylic oxidation sites excluding steroid dienone is 2. The van der Waals surface area contributed by atoms with Crippen molar-refractivity contribution in [2.75, 3.05) is 26.3 Å². The van der Waals surface area contributed by atoms with E-state index < -0.39 is 0 Å². The van der Waals surface area contributed by atoms with Crippen molar-refractivity contribution in [1.29, 1.82) is 5.41 Å². The predicted octanol–water partition coefficient (Wildman–Crippen LogP) is 8.97. The summed E-state index contributed by atoms with van der Waals surface area (Å²) in [5.74, 6) is 0.570. The molecule has 5 heteroatoms. The second-order valence-electron chi connectivity index (χ2n) is 10.1. The van der Waals surface area contributed by atoms with Crippen molar-refractivity contribution in [1.82, 2.24) is 4.90 Å². The van der Waals surface area contributed by atoms with Crippen LogP contribution in [0.25, 0.3) is 6.08 Å². The normalized spacial score (nSPS) is 14.0. The van der Waals surface area contributed by atoms with Crippen LogP contribution in [-0.4, -0.2) is 42.7 Å². The number of nitrogens with zero attached hydrogens (tertiary/aromatic N) is 1. The Hall–Kier alpha value is -2.95. The maximum atomic E-state index is 11.6. The van der Waals surface area contributed by atoms with Gasteiger partial charge in [0.2, 0.25) is 0 Å². The van der Waals surface area contributed by atoms with Crippen molar-refractivity contribution in [3.05, 3.63) is 125 Å². The number of Topliss-reactive ketones (excluding diaryl/α,β-unsaturated/α-hetero) is 1. The summed E-state index contributed by atoms with van der Waals surface area (Å²) in [5, 5.41) is 8.27. The summed E-state index contributed by atoms with van der Waals surface area (Å²) in [5.41, 5.74) is 7.05. The third-order valence-corrected chi connectivity index (χ3v) is 6.90. The van der Waals surface area contributed by atoms with Crippen molar-refractivity contribution in [3.8, 4) is 0 Å². The van der Waals surface area contributed by atoms with Crippen molar-refractivity contribution in [2.24, 2.45) is 5.92 Å². The smallest absolute Gasteiger partial charge is 0.161 e. The fraction of sp³-hybridized carbons (Fsp3) is 0.368. The summed E-state index contributed by atoms with van der Waals surface area (Å²) in [6, 6.07) is 26.6. The number of hydrogen-bond donors (Lipinski definition) is 1. The Morgan fingerprint density at radius 2 is 1.53 bits per heavy atom. The van der Waals surface area contributed by atoms with Gasteiger partial charge in [-0.05, 0) is 53.7 Å². The summed E-state index contributed by atoms with van der Waals surface area (Å²) in [6.07, 6.45) is 6.74. The Bertz CT molecular complexity index is 1280. The Balaban J connectivity index is 0.000000794. The number of hydrogen-bond acceptors (Lipinski definition) is 4. The number of carbonyl (C=O) groups is 1. The molecule has 1 heterocycles. The van der Waals surface area contributed by atoms with Crippen molar-refractivity contribution < 1.29 is 31.1 Å². The molecule has 1 radical (unpaired) electrons. The van der Waals surface area contributed by atoms with Crippen molar-refractivity contribution in [3.63, 3.8) is 0 Å². The van der Waals surface area contributed by atoms with Crippen LogP contribution in [0.15, 0.2) is 97.1 Å². The van der Waals surface area contributed by atoms with Crippen LogP contribution in [0.1, 0.15) is 69.8 Å². The SMILES string of the molecule is C=C(Cc1ccccc1)C(=O)C1CC1.CC.CC.Cc1ccccc1C(=N)/C=C/c1cccc(CN2CCOCC2)c1.[HH].[Ir]. The second kappa shape index (κ2) is 21.7. The van der Waals surface area contributed by atoms with E-state index in [0.29, 0.717) is 18.1 Å². The molecule has 2 fully saturated rings. The molecule has 1 aliphatic carbocycles. The number of rotatable bonds is 9. The van der Waals surface area contributed by atoms with Crippen molar-refractivity contribution in [2.45, 2.75) is 60.4 Å². The standard InChI is InChI=1S/C21H24N2O.C13H14O.2C2H6.Ir.H2/c1-17-5-2-3-8-20(17)21(22)10-9-18-6-4-7-19(15-18)16-23-11-13-24-14-12-23;1-10(13(14)12-7-8-12)9-11-5-3-2-4-6-11;2*1-2;;/h2-10,15,22H,11-14,16H2,1H3;2-6,12H,1,7-9H2;2*1-2H3;;1H/b10-9+,22-21?;;;;;. The third-order valence-electron chi connectivity index (χ3n) is 6.90. The van der Waals surface area contributed by atoms with Crippen LogP contribution in [0.3, 0.4) is 0 Å². The Morgan fingerprint density at radius 1 is 0.930 bits per heavy atom. The average molecular weight is 761 g/mol. The monoisotopic (exact) mass is 761 g/mol. The van der Waals surface area contributed by atoms with Gasteiger partial charge in [-0.15, -0.1) is 0 Å². The summed E-state index contributed by atoms with van der Waals surface area (Å²) >= 11 is 0. The zero-order valence-corrected chi connectivity index (χ0v) is 29.1. The van der Waals surface area contributed by atoms with Crippen LogP contribution in [0.5, 0.6) is 0 Å². The van der Waals surface area contributed by atoms with Gasteiger partial charge < -0.3 is 10.1 Å². The molecule has 0 spiro atoms. The molecule has 0 aromatic heterocycles. The largest absolute Gasteiger partial charge is 0.379 e. The Morgan fingerprint density at radius 3 is 2.16 bits per heavy atom. The first-order chi connectivity index (χ1) is 20.5. The minimum atomic E-state index is 0. The number of ether oxygens (including phenoxy) is 1. The summed E-state index contributed by atoms with van der Waals surface area (Å²) < 4.78 is 5.40. The summed E-state index contributed by atoms with van der Waals surface area (Å²) in [7, 11) is 0. The van der Waals surface area contributed by atoms with E-state index in [0.717, 1.165) is 68.0 Å². The fourth-order valence-corrected chi connectivity index (χ4v) is 4.52. The number of morpholine rings is 1. The zero-order chi connectivity index (χ0) is 30.7. The molecule has 3 aromatic rings. The van der Waals surface area contributed by atoms with Gasteiger partial charge in [0.1, 0.15) is 0 Å². The zero-order valence-electron chi connectivity index (χ0n) is 26.7. The third kappa shape index (κ3) is 13.9. The molecule has 2 aliphatic rings. The van der Waals surface area contributed by atoms with Gasteiger partial charge in [-0.1, -0.05) is 119 Å². The van der Waals surface area contributed by atoms with E-state index >= 15 is 0 Å². The van der Waals surface area contributed by atoms with Crippen LogP contribution in [0.2, 0.25) is 0 Å². The molecule has 235 valence electrons. The van der Waals surface area contributed by atoms with E-state index in [1.165, 1.54) is 11.1 Å². The van der Waals surface area contributed by atoms with E-state index in [4.69, 9.17) is 10.1 Å². The molecule has 1 N–H and O–H groups in total. The molecule has 4 nitrogen and oxygen atoms in total. The topological polar surface area (TPSA) is 53.4 Å². The molecule has 1 aliphatic heterocycles. The van der Waals surface area contributed by atoms with Gasteiger partial charge in [0, 0.05) is 59.1 Å². The van der Waals surface area contributed by atoms with E-state index in [9.17, 15) is 4.79 Å². The summed E-state index contributed by atoms with van der Waals surface area (Å²) in [4.78, 5) is 14.0. The maximum Gasteiger partial charge on any atom is 0.161 e. The summed E-state index contributed by atoms with van der Waals surface area (Å²) in [6.45, 7) is 18.5. The Labute approximate surface area is 275 Å². The first-order valence-electron chi connectivity index (χ1n) is 15.5. The van der Waals surface area contributed by atoms with Crippen molar-refractivity contribution >= 4 is 17.6 Å². The molecule has 0 amide bonds. The molecular formula is C38H52IrN2O2. The first kappa shape index (κ1) is 38.1. The van der Waals surface area contributed by atoms with Gasteiger partial charge in [0.25, 0.3) is 0 Å². The molecular weight excluding hydrogens is 709 g/mol. The van der Waals surface area contributed by atoms with Gasteiger partial charge in [0.15, 0.2) is 5.78 Å². The number of nitrogens with one attached hydrogen (secondary N) is 1. The maximum absolute atomic E-state index is 11.6. The van der Waals surface area contributed by atoms with E-state index in [1.54, 1.807) is 0 Å². The van der Waals surface area contributed by atoms with Crippen LogP contribution >= 0.6 is 0 Å². The Kier molecular flexibility index (Phi) is 19.2. The molecule has 5 rings (SSSR count). The molecule has 0 unspecified atom stereocenters. The van der Waals surface area contributed by atoms with E-state index in [2.05, 4.69) is 35.7 Å². The van der Waals surface area contributed by atoms with Crippen LogP contribution < -0.4 is 0 Å². The molecule has 3 aromatic carbocycles.